The second-order valence-electron chi connectivity index (χ2n) is 3.38. The molecule has 80 valence electrons. The average Bonchev–Trinajstić information content (AvgIpc) is 2.18. The molecule has 0 radical (unpaired) electrons. The predicted octanol–water partition coefficient (Wildman–Crippen LogP) is 1.61. The molecule has 1 aliphatic rings. The lowest BCUT2D eigenvalue weighted by molar-refractivity contribution is -0.147. The van der Waals surface area contributed by atoms with Crippen LogP contribution >= 0.6 is 11.6 Å². The topological polar surface area (TPSA) is 66.8 Å². The van der Waals surface area contributed by atoms with E-state index in [-0.39, 0.29) is 6.42 Å². The van der Waals surface area contributed by atoms with E-state index in [0.29, 0.717) is 16.3 Å². The fourth-order valence-electron chi connectivity index (χ4n) is 1.57. The number of benzene rings is 1. The minimum atomic E-state index is -1.07. The number of aliphatic hydroxyl groups is 1. The summed E-state index contributed by atoms with van der Waals surface area (Å²) in [5.41, 5.74) is 0.542. The summed E-state index contributed by atoms with van der Waals surface area (Å²) in [6.07, 6.45) is -1.79. The fraction of sp³-hybridized carbons (Fsp3) is 0.300. The largest absolute Gasteiger partial charge is 0.479 e. The molecule has 0 saturated carbocycles. The molecule has 1 aromatic carbocycles. The Balaban J connectivity index is 2.36. The molecule has 2 atom stereocenters. The number of ether oxygens (including phenoxy) is 1. The molecule has 0 amide bonds. The van der Waals surface area contributed by atoms with Crippen LogP contribution in [-0.2, 0) is 4.79 Å². The number of fused-ring (bicyclic) bond motifs is 1. The average molecular weight is 229 g/mol. The summed E-state index contributed by atoms with van der Waals surface area (Å²) in [4.78, 5) is 10.7. The van der Waals surface area contributed by atoms with Crippen molar-refractivity contribution in [1.82, 2.24) is 0 Å². The van der Waals surface area contributed by atoms with Crippen molar-refractivity contribution in [1.29, 1.82) is 0 Å². The first-order chi connectivity index (χ1) is 7.08. The number of halogens is 1. The zero-order valence-electron chi connectivity index (χ0n) is 7.68. The minimum Gasteiger partial charge on any atom is -0.479 e. The van der Waals surface area contributed by atoms with Crippen LogP contribution in [0.15, 0.2) is 18.2 Å². The zero-order chi connectivity index (χ0) is 11.0. The number of aliphatic carboxylic acids is 1. The molecule has 0 spiro atoms. The zero-order valence-corrected chi connectivity index (χ0v) is 8.44. The van der Waals surface area contributed by atoms with Gasteiger partial charge in [-0.05, 0) is 18.2 Å². The molecule has 1 heterocycles. The van der Waals surface area contributed by atoms with Gasteiger partial charge in [-0.1, -0.05) is 11.6 Å². The van der Waals surface area contributed by atoms with Crippen molar-refractivity contribution in [2.45, 2.75) is 18.6 Å². The van der Waals surface area contributed by atoms with Crippen LogP contribution in [0, 0.1) is 0 Å². The van der Waals surface area contributed by atoms with Crippen molar-refractivity contribution < 1.29 is 19.7 Å². The quantitative estimate of drug-likeness (QED) is 0.766. The molecular weight excluding hydrogens is 220 g/mol. The van der Waals surface area contributed by atoms with Gasteiger partial charge >= 0.3 is 5.97 Å². The van der Waals surface area contributed by atoms with Gasteiger partial charge in [0.2, 0.25) is 0 Å². The number of carboxylic acid groups (broad SMARTS) is 1. The van der Waals surface area contributed by atoms with Gasteiger partial charge in [-0.15, -0.1) is 0 Å². The number of hydrogen-bond donors (Lipinski definition) is 2. The number of carboxylic acids is 1. The van der Waals surface area contributed by atoms with Crippen LogP contribution in [0.3, 0.4) is 0 Å². The van der Waals surface area contributed by atoms with E-state index in [9.17, 15) is 9.90 Å². The maximum absolute atomic E-state index is 10.7. The molecule has 1 aromatic rings. The van der Waals surface area contributed by atoms with Gasteiger partial charge in [0, 0.05) is 17.0 Å². The van der Waals surface area contributed by atoms with Crippen molar-refractivity contribution in [3.8, 4) is 5.75 Å². The van der Waals surface area contributed by atoms with Crippen LogP contribution in [0.4, 0.5) is 0 Å². The van der Waals surface area contributed by atoms with Crippen LogP contribution < -0.4 is 4.74 Å². The van der Waals surface area contributed by atoms with E-state index in [0.717, 1.165) is 0 Å². The summed E-state index contributed by atoms with van der Waals surface area (Å²) in [5.74, 6) is -0.694. The Hall–Kier alpha value is -1.26. The Bertz CT molecular complexity index is 404. The molecule has 15 heavy (non-hydrogen) atoms. The molecular formula is C10H9ClO4. The van der Waals surface area contributed by atoms with E-state index in [2.05, 4.69) is 0 Å². The van der Waals surface area contributed by atoms with Crippen molar-refractivity contribution in [3.05, 3.63) is 28.8 Å². The molecule has 0 bridgehead atoms. The Morgan fingerprint density at radius 1 is 1.53 bits per heavy atom. The Kier molecular flexibility index (Phi) is 2.54. The molecule has 0 fully saturated rings. The van der Waals surface area contributed by atoms with Crippen LogP contribution in [-0.4, -0.2) is 22.3 Å². The lowest BCUT2D eigenvalue weighted by Crippen LogP contribution is -2.32. The predicted molar refractivity (Wildman–Crippen MR) is 53.1 cm³/mol. The molecule has 0 aliphatic carbocycles. The number of aliphatic hydroxyl groups excluding tert-OH is 1. The third-order valence-electron chi connectivity index (χ3n) is 2.31. The van der Waals surface area contributed by atoms with Gasteiger partial charge in [0.05, 0.1) is 6.10 Å². The highest BCUT2D eigenvalue weighted by Gasteiger charge is 2.31. The molecule has 2 rings (SSSR count). The Morgan fingerprint density at radius 3 is 2.93 bits per heavy atom. The lowest BCUT2D eigenvalue weighted by Gasteiger charge is -2.27. The van der Waals surface area contributed by atoms with E-state index in [1.165, 1.54) is 0 Å². The third-order valence-corrected chi connectivity index (χ3v) is 2.55. The summed E-state index contributed by atoms with van der Waals surface area (Å²) in [5, 5.41) is 19.0. The molecule has 0 saturated heterocycles. The first-order valence-corrected chi connectivity index (χ1v) is 4.82. The summed E-state index contributed by atoms with van der Waals surface area (Å²) in [7, 11) is 0. The van der Waals surface area contributed by atoms with Crippen LogP contribution in [0.2, 0.25) is 5.02 Å². The molecule has 1 aliphatic heterocycles. The van der Waals surface area contributed by atoms with Gasteiger partial charge in [-0.3, -0.25) is 0 Å². The summed E-state index contributed by atoms with van der Waals surface area (Å²) < 4.78 is 5.20. The number of rotatable bonds is 1. The number of carbonyl (C=O) groups is 1. The van der Waals surface area contributed by atoms with Crippen molar-refractivity contribution in [2.24, 2.45) is 0 Å². The highest BCUT2D eigenvalue weighted by molar-refractivity contribution is 6.30. The van der Waals surface area contributed by atoms with E-state index < -0.39 is 18.2 Å². The summed E-state index contributed by atoms with van der Waals surface area (Å²) >= 11 is 5.76. The highest BCUT2D eigenvalue weighted by Crippen LogP contribution is 2.36. The summed E-state index contributed by atoms with van der Waals surface area (Å²) in [6.45, 7) is 0. The fourth-order valence-corrected chi connectivity index (χ4v) is 1.75. The van der Waals surface area contributed by atoms with Gasteiger partial charge < -0.3 is 14.9 Å². The SMILES string of the molecule is O=C(O)[C@@H]1C[C@H](O)c2cc(Cl)ccc2O1. The first-order valence-electron chi connectivity index (χ1n) is 4.45. The van der Waals surface area contributed by atoms with Gasteiger partial charge in [-0.2, -0.15) is 0 Å². The van der Waals surface area contributed by atoms with E-state index in [1.807, 2.05) is 0 Å². The van der Waals surface area contributed by atoms with E-state index >= 15 is 0 Å². The monoisotopic (exact) mass is 228 g/mol. The lowest BCUT2D eigenvalue weighted by atomic mass is 9.99. The van der Waals surface area contributed by atoms with Crippen molar-refractivity contribution >= 4 is 17.6 Å². The Morgan fingerprint density at radius 2 is 2.27 bits per heavy atom. The number of hydrogen-bond acceptors (Lipinski definition) is 3. The van der Waals surface area contributed by atoms with Crippen LogP contribution in [0.25, 0.3) is 0 Å². The van der Waals surface area contributed by atoms with Crippen LogP contribution in [0.1, 0.15) is 18.1 Å². The van der Waals surface area contributed by atoms with Gasteiger partial charge in [0.15, 0.2) is 6.10 Å². The minimum absolute atomic E-state index is 0.0443. The molecule has 4 nitrogen and oxygen atoms in total. The van der Waals surface area contributed by atoms with E-state index in [1.54, 1.807) is 18.2 Å². The smallest absolute Gasteiger partial charge is 0.345 e. The summed E-state index contributed by atoms with van der Waals surface area (Å²) in [6, 6.07) is 4.74. The van der Waals surface area contributed by atoms with Crippen molar-refractivity contribution in [3.63, 3.8) is 0 Å². The van der Waals surface area contributed by atoms with Crippen molar-refractivity contribution in [2.75, 3.05) is 0 Å². The molecule has 0 aromatic heterocycles. The van der Waals surface area contributed by atoms with Gasteiger partial charge in [-0.25, -0.2) is 4.79 Å². The van der Waals surface area contributed by atoms with E-state index in [4.69, 9.17) is 21.4 Å². The molecule has 2 N–H and O–H groups in total. The Labute approximate surface area is 91.1 Å². The maximum Gasteiger partial charge on any atom is 0.345 e. The van der Waals surface area contributed by atoms with Gasteiger partial charge in [0.25, 0.3) is 0 Å². The normalized spacial score (nSPS) is 24.1. The third kappa shape index (κ3) is 1.91. The second-order valence-corrected chi connectivity index (χ2v) is 3.81. The van der Waals surface area contributed by atoms with Gasteiger partial charge in [0.1, 0.15) is 5.75 Å². The molecule has 5 heteroatoms. The maximum atomic E-state index is 10.7. The standard InChI is InChI=1S/C10H9ClO4/c11-5-1-2-8-6(3-5)7(12)4-9(15-8)10(13)14/h1-3,7,9,12H,4H2,(H,13,14)/t7-,9-/m0/s1. The first kappa shape index (κ1) is 10.3. The van der Waals surface area contributed by atoms with Crippen LogP contribution in [0.5, 0.6) is 5.75 Å². The highest BCUT2D eigenvalue weighted by atomic mass is 35.5. The second kappa shape index (κ2) is 3.72. The molecule has 0 unspecified atom stereocenters.